The third kappa shape index (κ3) is 3.92. The Morgan fingerprint density at radius 3 is 1.90 bits per heavy atom. The predicted octanol–water partition coefficient (Wildman–Crippen LogP) is 5.59. The first-order valence-corrected chi connectivity index (χ1v) is 10.4. The highest BCUT2D eigenvalue weighted by molar-refractivity contribution is 5.63. The van der Waals surface area contributed by atoms with Crippen molar-refractivity contribution in [3.8, 4) is 17.1 Å². The second kappa shape index (κ2) is 8.07. The molecule has 0 saturated heterocycles. The fourth-order valence-electron chi connectivity index (χ4n) is 3.82. The summed E-state index contributed by atoms with van der Waals surface area (Å²) in [6.07, 6.45) is 3.09. The van der Waals surface area contributed by atoms with Crippen molar-refractivity contribution in [1.82, 2.24) is 14.4 Å². The average molecular weight is 406 g/mol. The van der Waals surface area contributed by atoms with Gasteiger partial charge < -0.3 is 5.11 Å². The lowest BCUT2D eigenvalue weighted by molar-refractivity contribution is 0.442. The summed E-state index contributed by atoms with van der Waals surface area (Å²) in [6, 6.07) is 28.6. The van der Waals surface area contributed by atoms with Crippen LogP contribution in [-0.4, -0.2) is 19.5 Å². The van der Waals surface area contributed by atoms with Gasteiger partial charge in [-0.3, -0.25) is 4.40 Å². The first-order valence-electron chi connectivity index (χ1n) is 10.4. The molecule has 4 nitrogen and oxygen atoms in total. The van der Waals surface area contributed by atoms with Crippen molar-refractivity contribution in [1.29, 1.82) is 0 Å². The van der Waals surface area contributed by atoms with Crippen molar-refractivity contribution in [3.05, 3.63) is 119 Å². The summed E-state index contributed by atoms with van der Waals surface area (Å²) in [5.41, 5.74) is 7.50. The van der Waals surface area contributed by atoms with Gasteiger partial charge in [-0.2, -0.15) is 0 Å². The Kier molecular flexibility index (Phi) is 4.97. The van der Waals surface area contributed by atoms with Crippen LogP contribution in [0.5, 0.6) is 5.88 Å². The molecule has 5 aromatic rings. The molecule has 0 aliphatic rings. The van der Waals surface area contributed by atoms with Crippen LogP contribution in [0.15, 0.2) is 91.1 Å². The maximum absolute atomic E-state index is 11.0. The molecular weight excluding hydrogens is 382 g/mol. The standard InChI is InChI=1S/C27H23N3O/c1-19-12-14-22(15-13-19)25-18-30-26(23(28-25)16-20-8-4-2-5-9-20)29-24(27(30)31)17-21-10-6-3-7-11-21/h2-15,18,31H,16-17H2,1H3. The van der Waals surface area contributed by atoms with E-state index in [1.54, 1.807) is 4.40 Å². The molecule has 152 valence electrons. The molecule has 2 aromatic heterocycles. The fourth-order valence-corrected chi connectivity index (χ4v) is 3.82. The summed E-state index contributed by atoms with van der Waals surface area (Å²) < 4.78 is 1.78. The molecule has 0 amide bonds. The summed E-state index contributed by atoms with van der Waals surface area (Å²) in [6.45, 7) is 2.07. The Morgan fingerprint density at radius 1 is 0.710 bits per heavy atom. The maximum Gasteiger partial charge on any atom is 0.219 e. The summed E-state index contributed by atoms with van der Waals surface area (Å²) in [4.78, 5) is 9.77. The van der Waals surface area contributed by atoms with Crippen LogP contribution in [0.3, 0.4) is 0 Å². The molecule has 0 bridgehead atoms. The molecule has 31 heavy (non-hydrogen) atoms. The number of fused-ring (bicyclic) bond motifs is 1. The van der Waals surface area contributed by atoms with Gasteiger partial charge in [-0.05, 0) is 18.1 Å². The second-order valence-electron chi connectivity index (χ2n) is 7.84. The van der Waals surface area contributed by atoms with Crippen molar-refractivity contribution in [2.45, 2.75) is 19.8 Å². The normalized spacial score (nSPS) is 11.1. The van der Waals surface area contributed by atoms with Gasteiger partial charge in [0.2, 0.25) is 5.88 Å². The molecule has 0 atom stereocenters. The number of aromatic hydroxyl groups is 1. The van der Waals surface area contributed by atoms with E-state index in [9.17, 15) is 5.11 Å². The number of hydrogen-bond acceptors (Lipinski definition) is 3. The van der Waals surface area contributed by atoms with Gasteiger partial charge in [0.25, 0.3) is 0 Å². The van der Waals surface area contributed by atoms with E-state index < -0.39 is 0 Å². The van der Waals surface area contributed by atoms with Crippen molar-refractivity contribution in [2.24, 2.45) is 0 Å². The van der Waals surface area contributed by atoms with Crippen molar-refractivity contribution < 1.29 is 5.11 Å². The Bertz CT molecular complexity index is 1320. The van der Waals surface area contributed by atoms with Gasteiger partial charge in [-0.1, -0.05) is 90.5 Å². The van der Waals surface area contributed by atoms with E-state index in [-0.39, 0.29) is 5.88 Å². The average Bonchev–Trinajstić information content (AvgIpc) is 3.11. The first-order chi connectivity index (χ1) is 15.2. The van der Waals surface area contributed by atoms with Gasteiger partial charge in [0, 0.05) is 24.6 Å². The van der Waals surface area contributed by atoms with Crippen molar-refractivity contribution in [3.63, 3.8) is 0 Å². The minimum atomic E-state index is 0.170. The summed E-state index contributed by atoms with van der Waals surface area (Å²) in [5.74, 6) is 0.170. The Balaban J connectivity index is 1.65. The number of aromatic nitrogens is 3. The van der Waals surface area contributed by atoms with Crippen LogP contribution in [0.2, 0.25) is 0 Å². The van der Waals surface area contributed by atoms with Gasteiger partial charge in [0.05, 0.1) is 11.4 Å². The van der Waals surface area contributed by atoms with Gasteiger partial charge in [-0.25, -0.2) is 9.97 Å². The first kappa shape index (κ1) is 19.1. The number of nitrogens with zero attached hydrogens (tertiary/aromatic N) is 3. The zero-order valence-electron chi connectivity index (χ0n) is 17.4. The third-order valence-electron chi connectivity index (χ3n) is 5.50. The fraction of sp³-hybridized carbons (Fsp3) is 0.111. The van der Waals surface area contributed by atoms with Crippen molar-refractivity contribution >= 4 is 5.65 Å². The quantitative estimate of drug-likeness (QED) is 0.415. The summed E-state index contributed by atoms with van der Waals surface area (Å²) in [7, 11) is 0. The summed E-state index contributed by atoms with van der Waals surface area (Å²) >= 11 is 0. The molecule has 0 spiro atoms. The van der Waals surface area contributed by atoms with Crippen LogP contribution in [0.1, 0.15) is 28.1 Å². The van der Waals surface area contributed by atoms with E-state index in [0.29, 0.717) is 24.2 Å². The van der Waals surface area contributed by atoms with Crippen LogP contribution in [0.4, 0.5) is 0 Å². The highest BCUT2D eigenvalue weighted by atomic mass is 16.3. The minimum Gasteiger partial charge on any atom is -0.493 e. The largest absolute Gasteiger partial charge is 0.493 e. The highest BCUT2D eigenvalue weighted by Crippen LogP contribution is 2.28. The van der Waals surface area contributed by atoms with Crippen LogP contribution in [0, 0.1) is 6.92 Å². The van der Waals surface area contributed by atoms with Gasteiger partial charge in [0.1, 0.15) is 5.69 Å². The van der Waals surface area contributed by atoms with E-state index in [1.165, 1.54) is 5.56 Å². The molecular formula is C27H23N3O. The molecule has 0 aliphatic heterocycles. The molecule has 1 N–H and O–H groups in total. The predicted molar refractivity (Wildman–Crippen MR) is 123 cm³/mol. The molecule has 0 saturated carbocycles. The van der Waals surface area contributed by atoms with Crippen molar-refractivity contribution in [2.75, 3.05) is 0 Å². The molecule has 4 heteroatoms. The topological polar surface area (TPSA) is 50.4 Å². The third-order valence-corrected chi connectivity index (χ3v) is 5.50. The van der Waals surface area contributed by atoms with Crippen LogP contribution >= 0.6 is 0 Å². The lowest BCUT2D eigenvalue weighted by Gasteiger charge is -2.09. The Hall–Kier alpha value is -3.92. The molecule has 2 heterocycles. The number of hydrogen-bond donors (Lipinski definition) is 1. The minimum absolute atomic E-state index is 0.170. The SMILES string of the molecule is Cc1ccc(-c2cn3c(O)c(Cc4ccccc4)nc3c(Cc3ccccc3)n2)cc1. The molecule has 3 aromatic carbocycles. The van der Waals surface area contributed by atoms with Gasteiger partial charge in [0.15, 0.2) is 5.65 Å². The second-order valence-corrected chi connectivity index (χ2v) is 7.84. The lowest BCUT2D eigenvalue weighted by Crippen LogP contribution is -2.01. The van der Waals surface area contributed by atoms with Crippen LogP contribution in [-0.2, 0) is 12.8 Å². The summed E-state index contributed by atoms with van der Waals surface area (Å²) in [5, 5.41) is 11.0. The monoisotopic (exact) mass is 405 g/mol. The number of benzene rings is 3. The van der Waals surface area contributed by atoms with E-state index in [4.69, 9.17) is 9.97 Å². The number of aryl methyl sites for hydroxylation is 1. The van der Waals surface area contributed by atoms with Gasteiger partial charge in [-0.15, -0.1) is 0 Å². The zero-order valence-corrected chi connectivity index (χ0v) is 17.4. The number of rotatable bonds is 5. The zero-order chi connectivity index (χ0) is 21.2. The molecule has 0 fully saturated rings. The highest BCUT2D eigenvalue weighted by Gasteiger charge is 2.18. The van der Waals surface area contributed by atoms with E-state index >= 15 is 0 Å². The van der Waals surface area contributed by atoms with Crippen LogP contribution < -0.4 is 0 Å². The molecule has 5 rings (SSSR count). The van der Waals surface area contributed by atoms with E-state index in [1.807, 2.05) is 54.7 Å². The Labute approximate surface area is 181 Å². The molecule has 0 radical (unpaired) electrons. The number of imidazole rings is 1. The smallest absolute Gasteiger partial charge is 0.219 e. The molecule has 0 aliphatic carbocycles. The van der Waals surface area contributed by atoms with E-state index in [2.05, 4.69) is 43.3 Å². The maximum atomic E-state index is 11.0. The van der Waals surface area contributed by atoms with Gasteiger partial charge >= 0.3 is 0 Å². The Morgan fingerprint density at radius 2 is 1.29 bits per heavy atom. The van der Waals surface area contributed by atoms with Crippen LogP contribution in [0.25, 0.3) is 16.9 Å². The lowest BCUT2D eigenvalue weighted by atomic mass is 10.1. The molecule has 0 unspecified atom stereocenters. The van der Waals surface area contributed by atoms with E-state index in [0.717, 1.165) is 28.1 Å².